The molecule has 0 atom stereocenters. The largest absolute Gasteiger partial charge is 0.482 e. The van der Waals surface area contributed by atoms with Gasteiger partial charge in [0.15, 0.2) is 6.61 Å². The zero-order chi connectivity index (χ0) is 19.2. The summed E-state index contributed by atoms with van der Waals surface area (Å²) in [7, 11) is 1.33. The number of aromatic nitrogens is 1. The van der Waals surface area contributed by atoms with E-state index in [0.29, 0.717) is 11.3 Å². The molecule has 1 fully saturated rings. The molecule has 27 heavy (non-hydrogen) atoms. The van der Waals surface area contributed by atoms with Gasteiger partial charge in [-0.15, -0.1) is 0 Å². The Morgan fingerprint density at radius 1 is 1.11 bits per heavy atom. The fourth-order valence-electron chi connectivity index (χ4n) is 2.88. The van der Waals surface area contributed by atoms with Gasteiger partial charge in [-0.2, -0.15) is 0 Å². The zero-order valence-corrected chi connectivity index (χ0v) is 15.2. The molecule has 0 saturated carbocycles. The number of nitrogens with two attached hydrogens (primary N) is 1. The van der Waals surface area contributed by atoms with E-state index in [1.54, 1.807) is 6.20 Å². The predicted molar refractivity (Wildman–Crippen MR) is 104 cm³/mol. The zero-order valence-electron chi connectivity index (χ0n) is 15.2. The number of nitrogens with one attached hydrogen (secondary N) is 1. The van der Waals surface area contributed by atoms with Gasteiger partial charge in [-0.1, -0.05) is 0 Å². The second-order valence-electron chi connectivity index (χ2n) is 6.15. The number of ether oxygens (including phenoxy) is 2. The number of benzene rings is 1. The van der Waals surface area contributed by atoms with Gasteiger partial charge in [-0.3, -0.25) is 5.41 Å². The van der Waals surface area contributed by atoms with Gasteiger partial charge in [0.2, 0.25) is 0 Å². The van der Waals surface area contributed by atoms with Crippen molar-refractivity contribution in [2.24, 2.45) is 5.73 Å². The number of anilines is 2. The summed E-state index contributed by atoms with van der Waals surface area (Å²) in [5, 5.41) is 7.43. The Kier molecular flexibility index (Phi) is 5.75. The standard InChI is InChI=1S/C19H23N5O3/c1-26-18(25)13-27-16-5-3-15(4-6-16)23-8-10-24(11-9-23)17-7-2-14(12-22-17)19(20)21/h2-7,12H,8-11,13H2,1H3,(H3,20,21). The number of methoxy groups -OCH3 is 1. The first-order chi connectivity index (χ1) is 13.1. The Morgan fingerprint density at radius 2 is 1.78 bits per heavy atom. The van der Waals surface area contributed by atoms with Crippen LogP contribution in [-0.4, -0.2) is 56.7 Å². The average Bonchev–Trinajstić information content (AvgIpc) is 2.72. The third kappa shape index (κ3) is 4.66. The molecule has 1 aliphatic rings. The molecule has 2 heterocycles. The maximum atomic E-state index is 11.1. The summed E-state index contributed by atoms with van der Waals surface area (Å²) in [6.07, 6.45) is 1.64. The Balaban J connectivity index is 1.54. The molecule has 8 nitrogen and oxygen atoms in total. The normalized spacial score (nSPS) is 14.0. The molecular weight excluding hydrogens is 346 g/mol. The van der Waals surface area contributed by atoms with Gasteiger partial charge in [0.05, 0.1) is 7.11 Å². The highest BCUT2D eigenvalue weighted by Crippen LogP contribution is 2.22. The van der Waals surface area contributed by atoms with Gasteiger partial charge in [0.25, 0.3) is 0 Å². The van der Waals surface area contributed by atoms with E-state index in [2.05, 4.69) is 19.5 Å². The highest BCUT2D eigenvalue weighted by atomic mass is 16.6. The first-order valence-electron chi connectivity index (χ1n) is 8.67. The SMILES string of the molecule is COC(=O)COc1ccc(N2CCN(c3ccc(C(=N)N)cn3)CC2)cc1. The molecule has 0 aliphatic carbocycles. The molecule has 1 aromatic heterocycles. The maximum Gasteiger partial charge on any atom is 0.343 e. The van der Waals surface area contributed by atoms with Crippen LogP contribution in [0.4, 0.5) is 11.5 Å². The average molecular weight is 369 g/mol. The number of hydrogen-bond donors (Lipinski definition) is 2. The van der Waals surface area contributed by atoms with Crippen molar-refractivity contribution in [1.82, 2.24) is 4.98 Å². The van der Waals surface area contributed by atoms with Crippen LogP contribution in [0.3, 0.4) is 0 Å². The summed E-state index contributed by atoms with van der Waals surface area (Å²) in [4.78, 5) is 20.0. The topological polar surface area (TPSA) is 105 Å². The van der Waals surface area contributed by atoms with Crippen LogP contribution in [0.2, 0.25) is 0 Å². The minimum atomic E-state index is -0.403. The molecule has 3 rings (SSSR count). The molecule has 0 radical (unpaired) electrons. The van der Waals surface area contributed by atoms with E-state index in [0.717, 1.165) is 37.7 Å². The summed E-state index contributed by atoms with van der Waals surface area (Å²) < 4.78 is 9.93. The van der Waals surface area contributed by atoms with Gasteiger partial charge in [-0.05, 0) is 36.4 Å². The molecule has 8 heteroatoms. The fourth-order valence-corrected chi connectivity index (χ4v) is 2.88. The van der Waals surface area contributed by atoms with Crippen LogP contribution in [0.1, 0.15) is 5.56 Å². The van der Waals surface area contributed by atoms with Crippen molar-refractivity contribution in [2.75, 3.05) is 49.7 Å². The first-order valence-corrected chi connectivity index (χ1v) is 8.67. The molecule has 1 saturated heterocycles. The number of pyridine rings is 1. The molecule has 0 amide bonds. The second-order valence-corrected chi connectivity index (χ2v) is 6.15. The molecular formula is C19H23N5O3. The summed E-state index contributed by atoms with van der Waals surface area (Å²) in [5.41, 5.74) is 7.21. The van der Waals surface area contributed by atoms with E-state index in [4.69, 9.17) is 15.9 Å². The number of carbonyl (C=O) groups is 1. The van der Waals surface area contributed by atoms with Gasteiger partial charge in [0.1, 0.15) is 17.4 Å². The van der Waals surface area contributed by atoms with Crippen LogP contribution in [-0.2, 0) is 9.53 Å². The van der Waals surface area contributed by atoms with Crippen LogP contribution in [0.5, 0.6) is 5.75 Å². The van der Waals surface area contributed by atoms with E-state index in [9.17, 15) is 4.79 Å². The fraction of sp³-hybridized carbons (Fsp3) is 0.316. The van der Waals surface area contributed by atoms with Gasteiger partial charge >= 0.3 is 5.97 Å². The monoisotopic (exact) mass is 369 g/mol. The van der Waals surface area contributed by atoms with Gasteiger partial charge < -0.3 is 25.0 Å². The molecule has 0 unspecified atom stereocenters. The minimum absolute atomic E-state index is 0.0258. The lowest BCUT2D eigenvalue weighted by Gasteiger charge is -2.36. The van der Waals surface area contributed by atoms with Crippen LogP contribution < -0.4 is 20.3 Å². The highest BCUT2D eigenvalue weighted by Gasteiger charge is 2.18. The summed E-state index contributed by atoms with van der Waals surface area (Å²) in [6.45, 7) is 3.36. The van der Waals surface area contributed by atoms with Crippen molar-refractivity contribution >= 4 is 23.3 Å². The number of nitrogens with zero attached hydrogens (tertiary/aromatic N) is 3. The Morgan fingerprint density at radius 3 is 2.33 bits per heavy atom. The van der Waals surface area contributed by atoms with Crippen molar-refractivity contribution in [3.63, 3.8) is 0 Å². The van der Waals surface area contributed by atoms with Crippen LogP contribution in [0.15, 0.2) is 42.6 Å². The van der Waals surface area contributed by atoms with Crippen molar-refractivity contribution in [3.8, 4) is 5.75 Å². The number of nitrogen functional groups attached to an aromatic ring is 1. The predicted octanol–water partition coefficient (Wildman–Crippen LogP) is 1.24. The number of piperazine rings is 1. The van der Waals surface area contributed by atoms with E-state index in [-0.39, 0.29) is 12.4 Å². The molecule has 142 valence electrons. The van der Waals surface area contributed by atoms with Gasteiger partial charge in [-0.25, -0.2) is 9.78 Å². The smallest absolute Gasteiger partial charge is 0.343 e. The Labute approximate surface area is 158 Å². The number of esters is 1. The number of hydrogen-bond acceptors (Lipinski definition) is 7. The summed E-state index contributed by atoms with van der Waals surface area (Å²) >= 11 is 0. The molecule has 0 spiro atoms. The summed E-state index contributed by atoms with van der Waals surface area (Å²) in [6, 6.07) is 11.4. The van der Waals surface area contributed by atoms with Crippen molar-refractivity contribution < 1.29 is 14.3 Å². The van der Waals surface area contributed by atoms with Crippen LogP contribution in [0, 0.1) is 5.41 Å². The summed E-state index contributed by atoms with van der Waals surface area (Å²) in [5.74, 6) is 1.15. The molecule has 1 aromatic carbocycles. The van der Waals surface area contributed by atoms with Crippen molar-refractivity contribution in [1.29, 1.82) is 5.41 Å². The number of rotatable bonds is 6. The Hall–Kier alpha value is -3.29. The van der Waals surface area contributed by atoms with Crippen LogP contribution in [0.25, 0.3) is 0 Å². The Bertz CT molecular complexity index is 784. The lowest BCUT2D eigenvalue weighted by molar-refractivity contribution is -0.142. The lowest BCUT2D eigenvalue weighted by Crippen LogP contribution is -2.46. The second kappa shape index (κ2) is 8.39. The van der Waals surface area contributed by atoms with Gasteiger partial charge in [0, 0.05) is 43.6 Å². The minimum Gasteiger partial charge on any atom is -0.482 e. The third-order valence-corrected chi connectivity index (χ3v) is 4.45. The maximum absolute atomic E-state index is 11.1. The molecule has 0 bridgehead atoms. The molecule has 1 aliphatic heterocycles. The van der Waals surface area contributed by atoms with E-state index >= 15 is 0 Å². The van der Waals surface area contributed by atoms with Crippen molar-refractivity contribution in [3.05, 3.63) is 48.2 Å². The number of amidine groups is 1. The lowest BCUT2D eigenvalue weighted by atomic mass is 10.2. The number of carbonyl (C=O) groups excluding carboxylic acids is 1. The van der Waals surface area contributed by atoms with E-state index in [1.165, 1.54) is 7.11 Å². The van der Waals surface area contributed by atoms with E-state index in [1.807, 2.05) is 36.4 Å². The van der Waals surface area contributed by atoms with Crippen molar-refractivity contribution in [2.45, 2.75) is 0 Å². The molecule has 2 aromatic rings. The molecule has 3 N–H and O–H groups in total. The quantitative estimate of drug-likeness (QED) is 0.448. The van der Waals surface area contributed by atoms with Crippen LogP contribution >= 0.6 is 0 Å². The van der Waals surface area contributed by atoms with E-state index < -0.39 is 5.97 Å². The first kappa shape index (κ1) is 18.5. The highest BCUT2D eigenvalue weighted by molar-refractivity contribution is 5.94. The third-order valence-electron chi connectivity index (χ3n) is 4.45.